The standard InChI is InChI=1S/C20H19N5O3S/c1-3-17-24-25-20(29-17)23-19(28)15-6-4-5-7-16(15)22-18(27)13-8-10-14(11-9-13)21-12(2)26/h4-11H,3H2,1-2H3,(H,21,26)(H,22,27)(H,23,25,28). The number of aromatic nitrogens is 2. The summed E-state index contributed by atoms with van der Waals surface area (Å²) in [4.78, 5) is 36.3. The Balaban J connectivity index is 1.73. The van der Waals surface area contributed by atoms with Crippen LogP contribution < -0.4 is 16.0 Å². The SMILES string of the molecule is CCc1nnc(NC(=O)c2ccccc2NC(=O)c2ccc(NC(C)=O)cc2)s1. The van der Waals surface area contributed by atoms with Gasteiger partial charge in [-0.15, -0.1) is 10.2 Å². The van der Waals surface area contributed by atoms with E-state index in [1.165, 1.54) is 18.3 Å². The lowest BCUT2D eigenvalue weighted by Crippen LogP contribution is -2.18. The van der Waals surface area contributed by atoms with Crippen molar-refractivity contribution >= 4 is 45.6 Å². The van der Waals surface area contributed by atoms with Crippen molar-refractivity contribution in [1.29, 1.82) is 0 Å². The number of amides is 3. The number of nitrogens with zero attached hydrogens (tertiary/aromatic N) is 2. The maximum Gasteiger partial charge on any atom is 0.259 e. The summed E-state index contributed by atoms with van der Waals surface area (Å²) in [6, 6.07) is 13.2. The van der Waals surface area contributed by atoms with Crippen LogP contribution >= 0.6 is 11.3 Å². The Morgan fingerprint density at radius 1 is 0.897 bits per heavy atom. The summed E-state index contributed by atoms with van der Waals surface area (Å²) in [5, 5.41) is 17.2. The monoisotopic (exact) mass is 409 g/mol. The van der Waals surface area contributed by atoms with Gasteiger partial charge in [-0.05, 0) is 42.8 Å². The van der Waals surface area contributed by atoms with Crippen molar-refractivity contribution in [2.24, 2.45) is 0 Å². The molecular formula is C20H19N5O3S. The Morgan fingerprint density at radius 2 is 1.62 bits per heavy atom. The van der Waals surface area contributed by atoms with E-state index in [4.69, 9.17) is 0 Å². The minimum atomic E-state index is -0.388. The number of anilines is 3. The highest BCUT2D eigenvalue weighted by atomic mass is 32.1. The number of carbonyl (C=O) groups excluding carboxylic acids is 3. The van der Waals surface area contributed by atoms with Gasteiger partial charge in [-0.3, -0.25) is 19.7 Å². The van der Waals surface area contributed by atoms with Gasteiger partial charge in [-0.1, -0.05) is 30.4 Å². The second-order valence-corrected chi connectivity index (χ2v) is 7.13. The summed E-state index contributed by atoms with van der Waals surface area (Å²) >= 11 is 1.31. The van der Waals surface area contributed by atoms with Crippen LogP contribution in [0.3, 0.4) is 0 Å². The Kier molecular flexibility index (Phi) is 6.30. The molecule has 3 aromatic rings. The van der Waals surface area contributed by atoms with E-state index in [0.717, 1.165) is 11.4 Å². The topological polar surface area (TPSA) is 113 Å². The molecule has 0 fully saturated rings. The van der Waals surface area contributed by atoms with Gasteiger partial charge in [-0.25, -0.2) is 0 Å². The van der Waals surface area contributed by atoms with Crippen LogP contribution in [0.2, 0.25) is 0 Å². The highest BCUT2D eigenvalue weighted by Gasteiger charge is 2.16. The predicted molar refractivity (Wildman–Crippen MR) is 112 cm³/mol. The fraction of sp³-hybridized carbons (Fsp3) is 0.150. The van der Waals surface area contributed by atoms with Gasteiger partial charge < -0.3 is 10.6 Å². The molecule has 0 aliphatic heterocycles. The zero-order valence-electron chi connectivity index (χ0n) is 15.9. The number of hydrogen-bond donors (Lipinski definition) is 3. The number of para-hydroxylation sites is 1. The van der Waals surface area contributed by atoms with Crippen LogP contribution in [-0.4, -0.2) is 27.9 Å². The van der Waals surface area contributed by atoms with Crippen molar-refractivity contribution < 1.29 is 14.4 Å². The smallest absolute Gasteiger partial charge is 0.259 e. The minimum Gasteiger partial charge on any atom is -0.326 e. The van der Waals surface area contributed by atoms with Gasteiger partial charge in [-0.2, -0.15) is 0 Å². The lowest BCUT2D eigenvalue weighted by atomic mass is 10.1. The first kappa shape index (κ1) is 20.2. The maximum atomic E-state index is 12.6. The molecule has 3 rings (SSSR count). The van der Waals surface area contributed by atoms with Crippen LogP contribution in [0.15, 0.2) is 48.5 Å². The molecule has 1 aromatic heterocycles. The van der Waals surface area contributed by atoms with Crippen molar-refractivity contribution in [3.63, 3.8) is 0 Å². The predicted octanol–water partition coefficient (Wildman–Crippen LogP) is 3.56. The van der Waals surface area contributed by atoms with Gasteiger partial charge in [0.25, 0.3) is 11.8 Å². The van der Waals surface area contributed by atoms with Gasteiger partial charge in [0.05, 0.1) is 11.3 Å². The molecular weight excluding hydrogens is 390 g/mol. The van der Waals surface area contributed by atoms with E-state index in [0.29, 0.717) is 27.6 Å². The van der Waals surface area contributed by atoms with Gasteiger partial charge in [0.2, 0.25) is 11.0 Å². The number of rotatable bonds is 6. The Hall–Kier alpha value is -3.59. The molecule has 1 heterocycles. The molecule has 0 aliphatic carbocycles. The minimum absolute atomic E-state index is 0.191. The molecule has 9 heteroatoms. The van der Waals surface area contributed by atoms with E-state index in [-0.39, 0.29) is 17.7 Å². The fourth-order valence-corrected chi connectivity index (χ4v) is 3.18. The number of benzene rings is 2. The molecule has 2 aromatic carbocycles. The van der Waals surface area contributed by atoms with Gasteiger partial charge in [0, 0.05) is 18.2 Å². The molecule has 0 unspecified atom stereocenters. The first-order valence-corrected chi connectivity index (χ1v) is 9.69. The summed E-state index contributed by atoms with van der Waals surface area (Å²) in [6.07, 6.45) is 0.737. The molecule has 0 bridgehead atoms. The average Bonchev–Trinajstić information content (AvgIpc) is 3.16. The quantitative estimate of drug-likeness (QED) is 0.576. The summed E-state index contributed by atoms with van der Waals surface area (Å²) < 4.78 is 0. The summed E-state index contributed by atoms with van der Waals surface area (Å²) in [6.45, 7) is 3.37. The fourth-order valence-electron chi connectivity index (χ4n) is 2.50. The van der Waals surface area contributed by atoms with Crippen LogP contribution in [-0.2, 0) is 11.2 Å². The summed E-state index contributed by atoms with van der Waals surface area (Å²) in [7, 11) is 0. The van der Waals surface area contributed by atoms with E-state index in [9.17, 15) is 14.4 Å². The Labute approximate surface area is 171 Å². The molecule has 0 saturated heterocycles. The van der Waals surface area contributed by atoms with E-state index in [1.807, 2.05) is 6.92 Å². The van der Waals surface area contributed by atoms with Crippen molar-refractivity contribution in [1.82, 2.24) is 10.2 Å². The van der Waals surface area contributed by atoms with Crippen molar-refractivity contribution in [2.75, 3.05) is 16.0 Å². The largest absolute Gasteiger partial charge is 0.326 e. The molecule has 8 nitrogen and oxygen atoms in total. The molecule has 0 spiro atoms. The molecule has 0 radical (unpaired) electrons. The molecule has 3 amide bonds. The van der Waals surface area contributed by atoms with Crippen LogP contribution in [0.4, 0.5) is 16.5 Å². The Morgan fingerprint density at radius 3 is 2.28 bits per heavy atom. The molecule has 29 heavy (non-hydrogen) atoms. The van der Waals surface area contributed by atoms with Gasteiger partial charge in [0.15, 0.2) is 0 Å². The molecule has 0 saturated carbocycles. The molecule has 3 N–H and O–H groups in total. The first-order valence-electron chi connectivity index (χ1n) is 8.88. The van der Waals surface area contributed by atoms with Crippen LogP contribution in [0.5, 0.6) is 0 Å². The number of hydrogen-bond acceptors (Lipinski definition) is 6. The van der Waals surface area contributed by atoms with Gasteiger partial charge >= 0.3 is 0 Å². The van der Waals surface area contributed by atoms with Crippen LogP contribution in [0.25, 0.3) is 0 Å². The van der Waals surface area contributed by atoms with E-state index in [2.05, 4.69) is 26.1 Å². The van der Waals surface area contributed by atoms with Crippen molar-refractivity contribution in [3.8, 4) is 0 Å². The molecule has 0 aliphatic rings. The maximum absolute atomic E-state index is 12.6. The lowest BCUT2D eigenvalue weighted by Gasteiger charge is -2.11. The van der Waals surface area contributed by atoms with E-state index in [1.54, 1.807) is 48.5 Å². The van der Waals surface area contributed by atoms with E-state index < -0.39 is 0 Å². The summed E-state index contributed by atoms with van der Waals surface area (Å²) in [5.74, 6) is -0.951. The van der Waals surface area contributed by atoms with E-state index >= 15 is 0 Å². The third-order valence-corrected chi connectivity index (χ3v) is 4.86. The third kappa shape index (κ3) is 5.23. The second kappa shape index (κ2) is 9.07. The Bertz CT molecular complexity index is 1050. The third-order valence-electron chi connectivity index (χ3n) is 3.88. The first-order chi connectivity index (χ1) is 14.0. The second-order valence-electron chi connectivity index (χ2n) is 6.07. The number of nitrogens with one attached hydrogen (secondary N) is 3. The van der Waals surface area contributed by atoms with Crippen LogP contribution in [0, 0.1) is 0 Å². The van der Waals surface area contributed by atoms with Gasteiger partial charge in [0.1, 0.15) is 5.01 Å². The number of carbonyl (C=O) groups is 3. The normalized spacial score (nSPS) is 10.3. The van der Waals surface area contributed by atoms with Crippen molar-refractivity contribution in [2.45, 2.75) is 20.3 Å². The highest BCUT2D eigenvalue weighted by molar-refractivity contribution is 7.15. The highest BCUT2D eigenvalue weighted by Crippen LogP contribution is 2.21. The van der Waals surface area contributed by atoms with Crippen molar-refractivity contribution in [3.05, 3.63) is 64.7 Å². The average molecular weight is 409 g/mol. The number of aryl methyl sites for hydroxylation is 1. The zero-order chi connectivity index (χ0) is 20.8. The zero-order valence-corrected chi connectivity index (χ0v) is 16.7. The molecule has 148 valence electrons. The summed E-state index contributed by atoms with van der Waals surface area (Å²) in [5.41, 5.74) is 1.67. The van der Waals surface area contributed by atoms with Crippen LogP contribution in [0.1, 0.15) is 39.6 Å². The lowest BCUT2D eigenvalue weighted by molar-refractivity contribution is -0.114. The molecule has 0 atom stereocenters.